The lowest BCUT2D eigenvalue weighted by Crippen LogP contribution is -2.35. The molecule has 0 radical (unpaired) electrons. The normalized spacial score (nSPS) is 14.6. The number of carbonyl (C=O) groups excluding carboxylic acids is 2. The van der Waals surface area contributed by atoms with Crippen molar-refractivity contribution in [2.75, 3.05) is 22.8 Å². The number of nitrogens with one attached hydrogen (secondary N) is 1. The molecule has 0 saturated carbocycles. The van der Waals surface area contributed by atoms with Crippen LogP contribution in [0.1, 0.15) is 36.5 Å². The number of carbonyl (C=O) groups is 2. The number of anilines is 2. The predicted octanol–water partition coefficient (Wildman–Crippen LogP) is 3.18. The summed E-state index contributed by atoms with van der Waals surface area (Å²) in [4.78, 5) is 25.4. The summed E-state index contributed by atoms with van der Waals surface area (Å²) in [6, 6.07) is 12.2. The van der Waals surface area contributed by atoms with Gasteiger partial charge in [0.05, 0.1) is 17.1 Å². The van der Waals surface area contributed by atoms with Gasteiger partial charge >= 0.3 is 5.97 Å². The molecule has 2 aromatic carbocycles. The Morgan fingerprint density at radius 2 is 1.75 bits per heavy atom. The molecule has 7 nitrogen and oxygen atoms in total. The number of hydrogen-bond donors (Lipinski definition) is 1. The fraction of sp³-hybridized carbons (Fsp3) is 0.300. The maximum absolute atomic E-state index is 12.6. The quantitative estimate of drug-likeness (QED) is 0.749. The van der Waals surface area contributed by atoms with Crippen LogP contribution in [0.25, 0.3) is 0 Å². The summed E-state index contributed by atoms with van der Waals surface area (Å²) in [6.45, 7) is 2.63. The maximum Gasteiger partial charge on any atom is 0.338 e. The summed E-state index contributed by atoms with van der Waals surface area (Å²) in [5.74, 6) is -0.401. The van der Waals surface area contributed by atoms with Crippen molar-refractivity contribution >= 4 is 33.3 Å². The molecule has 0 aromatic heterocycles. The molecule has 28 heavy (non-hydrogen) atoms. The SMILES string of the molecule is CCOC(=O)c1ccc(NS(=O)(=O)c2ccc(N3CCCCC3=O)cc2)cc1. The third-order valence-corrected chi connectivity index (χ3v) is 5.83. The summed E-state index contributed by atoms with van der Waals surface area (Å²) in [7, 11) is -3.79. The topological polar surface area (TPSA) is 92.8 Å². The number of piperidine rings is 1. The van der Waals surface area contributed by atoms with E-state index in [1.54, 1.807) is 24.0 Å². The second-order valence-electron chi connectivity index (χ2n) is 6.40. The Balaban J connectivity index is 1.72. The molecule has 0 unspecified atom stereocenters. The zero-order valence-corrected chi connectivity index (χ0v) is 16.4. The molecule has 2 aromatic rings. The smallest absolute Gasteiger partial charge is 0.338 e. The number of sulfonamides is 1. The molecule has 3 rings (SSSR count). The summed E-state index contributed by atoms with van der Waals surface area (Å²) < 4.78 is 32.6. The van der Waals surface area contributed by atoms with Crippen LogP contribution in [0.5, 0.6) is 0 Å². The standard InChI is InChI=1S/C20H22N2O5S/c1-2-27-20(24)15-6-8-16(9-7-15)21-28(25,26)18-12-10-17(11-13-18)22-14-4-3-5-19(22)23/h6-13,21H,2-5,14H2,1H3. The van der Waals surface area contributed by atoms with Gasteiger partial charge in [0.25, 0.3) is 10.0 Å². The first kappa shape index (κ1) is 19.9. The highest BCUT2D eigenvalue weighted by Gasteiger charge is 2.21. The highest BCUT2D eigenvalue weighted by Crippen LogP contribution is 2.24. The van der Waals surface area contributed by atoms with Crippen LogP contribution in [0.3, 0.4) is 0 Å². The molecule has 148 valence electrons. The van der Waals surface area contributed by atoms with Crippen LogP contribution >= 0.6 is 0 Å². The average molecular weight is 402 g/mol. The Morgan fingerprint density at radius 3 is 2.36 bits per heavy atom. The fourth-order valence-corrected chi connectivity index (χ4v) is 4.05. The molecule has 0 bridgehead atoms. The Bertz CT molecular complexity index is 953. The molecule has 1 heterocycles. The zero-order valence-electron chi connectivity index (χ0n) is 15.6. The molecule has 1 amide bonds. The molecule has 1 aliphatic heterocycles. The van der Waals surface area contributed by atoms with E-state index in [2.05, 4.69) is 4.72 Å². The van der Waals surface area contributed by atoms with E-state index < -0.39 is 16.0 Å². The monoisotopic (exact) mass is 402 g/mol. The number of hydrogen-bond acceptors (Lipinski definition) is 5. The lowest BCUT2D eigenvalue weighted by Gasteiger charge is -2.26. The number of nitrogens with zero attached hydrogens (tertiary/aromatic N) is 1. The van der Waals surface area contributed by atoms with Gasteiger partial charge in [-0.1, -0.05) is 0 Å². The van der Waals surface area contributed by atoms with E-state index in [1.807, 2.05) is 0 Å². The van der Waals surface area contributed by atoms with Crippen molar-refractivity contribution in [2.45, 2.75) is 31.1 Å². The van der Waals surface area contributed by atoms with E-state index in [-0.39, 0.29) is 17.4 Å². The van der Waals surface area contributed by atoms with E-state index in [0.29, 0.717) is 29.9 Å². The second kappa shape index (κ2) is 8.43. The first-order chi connectivity index (χ1) is 13.4. The van der Waals surface area contributed by atoms with Gasteiger partial charge in [-0.15, -0.1) is 0 Å². The number of rotatable bonds is 6. The van der Waals surface area contributed by atoms with Crippen molar-refractivity contribution in [1.29, 1.82) is 0 Å². The minimum absolute atomic E-state index is 0.0571. The van der Waals surface area contributed by atoms with Gasteiger partial charge in [-0.3, -0.25) is 9.52 Å². The molecule has 1 saturated heterocycles. The van der Waals surface area contributed by atoms with Crippen molar-refractivity contribution in [1.82, 2.24) is 0 Å². The van der Waals surface area contributed by atoms with Gasteiger partial charge < -0.3 is 9.64 Å². The highest BCUT2D eigenvalue weighted by atomic mass is 32.2. The highest BCUT2D eigenvalue weighted by molar-refractivity contribution is 7.92. The Labute approximate surface area is 164 Å². The fourth-order valence-electron chi connectivity index (χ4n) is 2.99. The van der Waals surface area contributed by atoms with Crippen molar-refractivity contribution in [2.24, 2.45) is 0 Å². The molecular formula is C20H22N2O5S. The van der Waals surface area contributed by atoms with Gasteiger partial charge in [0.1, 0.15) is 0 Å². The third-order valence-electron chi connectivity index (χ3n) is 4.43. The minimum atomic E-state index is -3.79. The molecule has 0 atom stereocenters. The average Bonchev–Trinajstić information content (AvgIpc) is 2.69. The largest absolute Gasteiger partial charge is 0.462 e. The van der Waals surface area contributed by atoms with Crippen LogP contribution in [0.15, 0.2) is 53.4 Å². The first-order valence-corrected chi connectivity index (χ1v) is 10.6. The van der Waals surface area contributed by atoms with Crippen LogP contribution < -0.4 is 9.62 Å². The van der Waals surface area contributed by atoms with Gasteiger partial charge in [0.2, 0.25) is 5.91 Å². The van der Waals surface area contributed by atoms with E-state index in [4.69, 9.17) is 4.74 Å². The lowest BCUT2D eigenvalue weighted by molar-refractivity contribution is -0.119. The van der Waals surface area contributed by atoms with Crippen molar-refractivity contribution < 1.29 is 22.7 Å². The summed E-state index contributed by atoms with van der Waals surface area (Å²) in [5, 5.41) is 0. The van der Waals surface area contributed by atoms with Crippen molar-refractivity contribution in [3.05, 3.63) is 54.1 Å². The Morgan fingerprint density at radius 1 is 1.07 bits per heavy atom. The van der Waals surface area contributed by atoms with Gasteiger partial charge in [0, 0.05) is 24.3 Å². The van der Waals surface area contributed by atoms with Crippen molar-refractivity contribution in [3.63, 3.8) is 0 Å². The molecule has 1 aliphatic rings. The maximum atomic E-state index is 12.6. The summed E-state index contributed by atoms with van der Waals surface area (Å²) in [5.41, 5.74) is 1.38. The van der Waals surface area contributed by atoms with Gasteiger partial charge in [-0.25, -0.2) is 13.2 Å². The van der Waals surface area contributed by atoms with Crippen LogP contribution in [0.4, 0.5) is 11.4 Å². The van der Waals surface area contributed by atoms with Gasteiger partial charge in [-0.05, 0) is 68.3 Å². The van der Waals surface area contributed by atoms with Gasteiger partial charge in [0.15, 0.2) is 0 Å². The number of amides is 1. The Kier molecular flexibility index (Phi) is 5.99. The van der Waals surface area contributed by atoms with E-state index in [1.165, 1.54) is 36.4 Å². The number of benzene rings is 2. The molecular weight excluding hydrogens is 380 g/mol. The number of esters is 1. The summed E-state index contributed by atoms with van der Waals surface area (Å²) >= 11 is 0. The van der Waals surface area contributed by atoms with E-state index in [0.717, 1.165) is 12.8 Å². The van der Waals surface area contributed by atoms with Crippen LogP contribution in [-0.4, -0.2) is 33.4 Å². The lowest BCUT2D eigenvalue weighted by atomic mass is 10.1. The van der Waals surface area contributed by atoms with Crippen LogP contribution in [0.2, 0.25) is 0 Å². The van der Waals surface area contributed by atoms with E-state index in [9.17, 15) is 18.0 Å². The van der Waals surface area contributed by atoms with Crippen LogP contribution in [0, 0.1) is 0 Å². The zero-order chi connectivity index (χ0) is 20.1. The number of ether oxygens (including phenoxy) is 1. The van der Waals surface area contributed by atoms with Crippen molar-refractivity contribution in [3.8, 4) is 0 Å². The van der Waals surface area contributed by atoms with Crippen LogP contribution in [-0.2, 0) is 19.6 Å². The molecule has 8 heteroatoms. The first-order valence-electron chi connectivity index (χ1n) is 9.11. The molecule has 1 fully saturated rings. The Hall–Kier alpha value is -2.87. The van der Waals surface area contributed by atoms with E-state index >= 15 is 0 Å². The second-order valence-corrected chi connectivity index (χ2v) is 8.08. The third kappa shape index (κ3) is 4.51. The van der Waals surface area contributed by atoms with Gasteiger partial charge in [-0.2, -0.15) is 0 Å². The molecule has 1 N–H and O–H groups in total. The summed E-state index contributed by atoms with van der Waals surface area (Å²) in [6.07, 6.45) is 2.35. The molecule has 0 spiro atoms. The predicted molar refractivity (Wildman–Crippen MR) is 106 cm³/mol. The molecule has 0 aliphatic carbocycles. The minimum Gasteiger partial charge on any atom is -0.462 e.